The molecule has 0 saturated carbocycles. The van der Waals surface area contributed by atoms with Crippen molar-refractivity contribution >= 4 is 40.9 Å². The molecule has 5 N–H and O–H groups in total. The first-order chi connectivity index (χ1) is 24.9. The molecule has 1 aromatic heterocycles. The Balaban J connectivity index is 0.00000333. The molecule has 12 nitrogen and oxygen atoms in total. The molecule has 0 radical (unpaired) electrons. The summed E-state index contributed by atoms with van der Waals surface area (Å²) in [6.07, 6.45) is 5.65. The third-order valence-corrected chi connectivity index (χ3v) is 9.61. The number of carboxylic acids is 1. The van der Waals surface area contributed by atoms with Crippen LogP contribution in [0, 0.1) is 17.3 Å². The molecule has 2 aromatic rings. The van der Waals surface area contributed by atoms with Crippen LogP contribution in [0.1, 0.15) is 128 Å². The number of amides is 4. The number of carbonyl (C=O) groups is 5. The smallest absolute Gasteiger partial charge is 0.306 e. The van der Waals surface area contributed by atoms with E-state index in [2.05, 4.69) is 47.0 Å². The Labute approximate surface area is 321 Å². The maximum absolute atomic E-state index is 13.4. The van der Waals surface area contributed by atoms with Crippen LogP contribution in [-0.4, -0.2) is 83.4 Å². The Kier molecular flexibility index (Phi) is 21.8. The van der Waals surface area contributed by atoms with Crippen LogP contribution in [0.25, 0.3) is 0 Å². The van der Waals surface area contributed by atoms with Crippen molar-refractivity contribution in [2.45, 2.75) is 125 Å². The summed E-state index contributed by atoms with van der Waals surface area (Å²) in [6.45, 7) is 18.2. The van der Waals surface area contributed by atoms with E-state index in [0.29, 0.717) is 17.8 Å². The van der Waals surface area contributed by atoms with Gasteiger partial charge in [0.05, 0.1) is 25.0 Å². The van der Waals surface area contributed by atoms with Crippen molar-refractivity contribution < 1.29 is 29.1 Å². The number of rotatable bonds is 21. The average Bonchev–Trinajstić information content (AvgIpc) is 3.60. The lowest BCUT2D eigenvalue weighted by molar-refractivity contribution is -0.141. The zero-order valence-corrected chi connectivity index (χ0v) is 34.5. The Hall–Kier alpha value is -3.84. The minimum atomic E-state index is -0.940. The summed E-state index contributed by atoms with van der Waals surface area (Å²) >= 11 is 1.23. The molecule has 298 valence electrons. The number of aromatic nitrogens is 1. The zero-order valence-electron chi connectivity index (χ0n) is 33.7. The molecule has 0 aliphatic heterocycles. The molecule has 0 saturated heterocycles. The maximum Gasteiger partial charge on any atom is 0.306 e. The van der Waals surface area contributed by atoms with Crippen LogP contribution >= 0.6 is 11.3 Å². The molecule has 13 heteroatoms. The van der Waals surface area contributed by atoms with Gasteiger partial charge in [0.15, 0.2) is 0 Å². The van der Waals surface area contributed by atoms with E-state index < -0.39 is 35.3 Å². The molecule has 0 aliphatic carbocycles. The van der Waals surface area contributed by atoms with Gasteiger partial charge in [-0.25, -0.2) is 4.98 Å². The summed E-state index contributed by atoms with van der Waals surface area (Å²) in [5.74, 6) is -2.85. The van der Waals surface area contributed by atoms with E-state index in [1.54, 1.807) is 33.1 Å². The summed E-state index contributed by atoms with van der Waals surface area (Å²) in [5, 5.41) is 23.4. The Morgan fingerprint density at radius 3 is 2.08 bits per heavy atom. The van der Waals surface area contributed by atoms with Gasteiger partial charge in [0.25, 0.3) is 5.91 Å². The average molecular weight is 759 g/mol. The van der Waals surface area contributed by atoms with Gasteiger partial charge in [-0.2, -0.15) is 0 Å². The molecule has 4 atom stereocenters. The number of hydrogen-bond acceptors (Lipinski definition) is 8. The number of benzene rings is 1. The molecular formula is C40H66N6O6S. The lowest BCUT2D eigenvalue weighted by atomic mass is 9.93. The van der Waals surface area contributed by atoms with E-state index in [4.69, 9.17) is 0 Å². The number of nitrogens with zero attached hydrogens (tertiary/aromatic N) is 2. The van der Waals surface area contributed by atoms with E-state index in [9.17, 15) is 29.1 Å². The second-order valence-corrected chi connectivity index (χ2v) is 16.1. The number of nitrogens with one attached hydrogen (secondary N) is 4. The van der Waals surface area contributed by atoms with Crippen molar-refractivity contribution in [1.82, 2.24) is 31.2 Å². The third kappa shape index (κ3) is 19.2. The van der Waals surface area contributed by atoms with Crippen LogP contribution in [0.4, 0.5) is 0 Å². The van der Waals surface area contributed by atoms with Gasteiger partial charge < -0.3 is 26.4 Å². The lowest BCUT2D eigenvalue weighted by Crippen LogP contribution is -2.47. The standard InChI is InChI=1S/C36H56N6O6S.C4H10/c1-9-10-16-42(8)21-31(44)37-20-30(43)39-27(23(2)3)19-28(41-35(48)36(5,6)7)33-40-29(22-49-33)32(45)38-26(17-24(4)34(46)47)18-25-14-12-11-13-15-25;1-3-4-2/h11-15,22-24,26-28H,9-10,16-21H2,1-8H3,(H,37,44)(H,38,45)(H,39,43)(H,41,48)(H,46,47);3-4H2,1-2H3. The normalized spacial score (nSPS) is 13.6. The number of thiazole rings is 1. The molecule has 1 aromatic carbocycles. The van der Waals surface area contributed by atoms with Crippen LogP contribution in [0.3, 0.4) is 0 Å². The highest BCUT2D eigenvalue weighted by atomic mass is 32.1. The van der Waals surface area contributed by atoms with Gasteiger partial charge in [0, 0.05) is 22.9 Å². The number of hydrogen-bond donors (Lipinski definition) is 5. The monoisotopic (exact) mass is 758 g/mol. The molecule has 4 unspecified atom stereocenters. The predicted molar refractivity (Wildman–Crippen MR) is 213 cm³/mol. The number of unbranched alkanes of at least 4 members (excludes halogenated alkanes) is 2. The molecule has 4 amide bonds. The summed E-state index contributed by atoms with van der Waals surface area (Å²) < 4.78 is 0. The van der Waals surface area contributed by atoms with E-state index in [1.807, 2.05) is 56.1 Å². The third-order valence-electron chi connectivity index (χ3n) is 8.65. The van der Waals surface area contributed by atoms with Crippen LogP contribution in [0.15, 0.2) is 35.7 Å². The summed E-state index contributed by atoms with van der Waals surface area (Å²) in [4.78, 5) is 70.1. The first-order valence-corrected chi connectivity index (χ1v) is 19.9. The van der Waals surface area contributed by atoms with Gasteiger partial charge in [-0.15, -0.1) is 11.3 Å². The number of carbonyl (C=O) groups excluding carboxylic acids is 4. The van der Waals surface area contributed by atoms with Crippen LogP contribution < -0.4 is 21.3 Å². The number of aliphatic carboxylic acids is 1. The SMILES string of the molecule is CCCC.CCCCN(C)CC(=O)NCC(=O)NC(CC(NC(=O)C(C)(C)C)c1nc(C(=O)NC(Cc2ccccc2)CC(C)C(=O)O)cs1)C(C)C. The van der Waals surface area contributed by atoms with Crippen molar-refractivity contribution in [3.63, 3.8) is 0 Å². The quantitative estimate of drug-likeness (QED) is 0.104. The van der Waals surface area contributed by atoms with Crippen molar-refractivity contribution in [2.75, 3.05) is 26.7 Å². The Morgan fingerprint density at radius 2 is 1.53 bits per heavy atom. The Bertz CT molecular complexity index is 1410. The summed E-state index contributed by atoms with van der Waals surface area (Å²) in [6, 6.07) is 8.11. The van der Waals surface area contributed by atoms with Gasteiger partial charge in [-0.3, -0.25) is 28.9 Å². The molecule has 1 heterocycles. The second-order valence-electron chi connectivity index (χ2n) is 15.2. The van der Waals surface area contributed by atoms with Crippen molar-refractivity contribution in [2.24, 2.45) is 17.3 Å². The predicted octanol–water partition coefficient (Wildman–Crippen LogP) is 5.98. The second kappa shape index (κ2) is 24.5. The van der Waals surface area contributed by atoms with Crippen LogP contribution in [0.2, 0.25) is 0 Å². The molecule has 53 heavy (non-hydrogen) atoms. The van der Waals surface area contributed by atoms with Crippen LogP contribution in [-0.2, 0) is 25.6 Å². The van der Waals surface area contributed by atoms with Gasteiger partial charge in [-0.1, -0.05) is 112 Å². The molecule has 2 rings (SSSR count). The van der Waals surface area contributed by atoms with E-state index in [-0.39, 0.29) is 54.9 Å². The highest BCUT2D eigenvalue weighted by Gasteiger charge is 2.31. The van der Waals surface area contributed by atoms with Gasteiger partial charge >= 0.3 is 5.97 Å². The highest BCUT2D eigenvalue weighted by Crippen LogP contribution is 2.27. The van der Waals surface area contributed by atoms with Gasteiger partial charge in [-0.05, 0) is 50.8 Å². The van der Waals surface area contributed by atoms with Crippen molar-refractivity contribution in [3.05, 3.63) is 52.0 Å². The first kappa shape index (κ1) is 47.2. The molecular weight excluding hydrogens is 693 g/mol. The first-order valence-electron chi connectivity index (χ1n) is 19.0. The van der Waals surface area contributed by atoms with Crippen molar-refractivity contribution in [1.29, 1.82) is 0 Å². The fourth-order valence-electron chi connectivity index (χ4n) is 5.02. The van der Waals surface area contributed by atoms with Gasteiger partial charge in [0.2, 0.25) is 17.7 Å². The largest absolute Gasteiger partial charge is 0.481 e. The lowest BCUT2D eigenvalue weighted by Gasteiger charge is -2.29. The number of likely N-dealkylation sites (N-methyl/N-ethyl adjacent to an activating group) is 1. The highest BCUT2D eigenvalue weighted by molar-refractivity contribution is 7.09. The maximum atomic E-state index is 13.4. The zero-order chi connectivity index (χ0) is 40.1. The van der Waals surface area contributed by atoms with Crippen molar-refractivity contribution in [3.8, 4) is 0 Å². The molecule has 0 aliphatic rings. The molecule has 0 bridgehead atoms. The fraction of sp³-hybridized carbons (Fsp3) is 0.650. The summed E-state index contributed by atoms with van der Waals surface area (Å²) in [7, 11) is 1.87. The van der Waals surface area contributed by atoms with E-state index in [1.165, 1.54) is 24.2 Å². The molecule has 0 spiro atoms. The molecule has 0 fully saturated rings. The van der Waals surface area contributed by atoms with Crippen LogP contribution in [0.5, 0.6) is 0 Å². The van der Waals surface area contributed by atoms with Gasteiger partial charge in [0.1, 0.15) is 10.7 Å². The summed E-state index contributed by atoms with van der Waals surface area (Å²) in [5.41, 5.74) is 0.426. The minimum Gasteiger partial charge on any atom is -0.481 e. The van der Waals surface area contributed by atoms with E-state index in [0.717, 1.165) is 24.9 Å². The minimum absolute atomic E-state index is 0.0217. The fourth-order valence-corrected chi connectivity index (χ4v) is 5.89. The van der Waals surface area contributed by atoms with E-state index >= 15 is 0 Å². The number of carboxylic acid groups (broad SMARTS) is 1. The topological polar surface area (TPSA) is 170 Å². The Morgan fingerprint density at radius 1 is 0.887 bits per heavy atom.